The molecule has 1 fully saturated rings. The van der Waals surface area contributed by atoms with E-state index in [-0.39, 0.29) is 6.54 Å². The van der Waals surface area contributed by atoms with Gasteiger partial charge in [-0.25, -0.2) is 17.6 Å². The summed E-state index contributed by atoms with van der Waals surface area (Å²) in [5, 5.41) is 0. The number of rotatable bonds is 4. The summed E-state index contributed by atoms with van der Waals surface area (Å²) in [5.41, 5.74) is 0.652. The Balaban J connectivity index is 1.85. The van der Waals surface area contributed by atoms with Gasteiger partial charge in [0.2, 0.25) is 10.0 Å². The summed E-state index contributed by atoms with van der Waals surface area (Å²) < 4.78 is 45.1. The molecule has 1 saturated heterocycles. The number of nitrogens with zero attached hydrogens (tertiary/aromatic N) is 3. The second-order valence-corrected chi connectivity index (χ2v) is 7.50. The SMILES string of the molecule is CN([C@H]1CN(c2ccc(-n3cccc3)c(F)c2)C(=O)O1)S(C)(=O)=O. The normalized spacial score (nSPS) is 18.2. The van der Waals surface area contributed by atoms with Crippen molar-refractivity contribution in [1.82, 2.24) is 8.87 Å². The van der Waals surface area contributed by atoms with E-state index in [0.717, 1.165) is 10.6 Å². The third-order valence-corrected chi connectivity index (χ3v) is 5.13. The Bertz CT molecular complexity index is 867. The summed E-state index contributed by atoms with van der Waals surface area (Å²) in [6.45, 7) is -0.00922. The van der Waals surface area contributed by atoms with Crippen molar-refractivity contribution < 1.29 is 22.3 Å². The van der Waals surface area contributed by atoms with Crippen molar-refractivity contribution in [1.29, 1.82) is 0 Å². The molecule has 1 amide bonds. The van der Waals surface area contributed by atoms with E-state index in [2.05, 4.69) is 0 Å². The van der Waals surface area contributed by atoms with Gasteiger partial charge in [0.25, 0.3) is 0 Å². The van der Waals surface area contributed by atoms with Crippen molar-refractivity contribution in [2.75, 3.05) is 24.7 Å². The summed E-state index contributed by atoms with van der Waals surface area (Å²) in [4.78, 5) is 13.2. The number of sulfonamides is 1. The molecule has 128 valence electrons. The number of aromatic nitrogens is 1. The molecule has 1 aromatic heterocycles. The molecule has 0 spiro atoms. The minimum absolute atomic E-state index is 0.00922. The lowest BCUT2D eigenvalue weighted by molar-refractivity contribution is 0.0852. The van der Waals surface area contributed by atoms with Crippen LogP contribution in [0.25, 0.3) is 5.69 Å². The van der Waals surface area contributed by atoms with Crippen LogP contribution in [0.15, 0.2) is 42.7 Å². The monoisotopic (exact) mass is 353 g/mol. The molecule has 7 nitrogen and oxygen atoms in total. The molecule has 1 aliphatic heterocycles. The van der Waals surface area contributed by atoms with Crippen LogP contribution in [0.5, 0.6) is 0 Å². The maximum Gasteiger partial charge on any atom is 0.416 e. The number of hydrogen-bond acceptors (Lipinski definition) is 4. The first kappa shape index (κ1) is 16.5. The number of cyclic esters (lactones) is 1. The van der Waals surface area contributed by atoms with Crippen LogP contribution in [0, 0.1) is 5.82 Å². The van der Waals surface area contributed by atoms with E-state index in [0.29, 0.717) is 11.4 Å². The van der Waals surface area contributed by atoms with Crippen molar-refractivity contribution in [3.63, 3.8) is 0 Å². The lowest BCUT2D eigenvalue weighted by Gasteiger charge is -2.19. The number of halogens is 1. The Morgan fingerprint density at radius 3 is 2.54 bits per heavy atom. The number of carbonyl (C=O) groups is 1. The van der Waals surface area contributed by atoms with Gasteiger partial charge in [0.15, 0.2) is 6.23 Å². The second-order valence-electron chi connectivity index (χ2n) is 5.45. The molecule has 2 heterocycles. The van der Waals surface area contributed by atoms with Crippen LogP contribution in [-0.4, -0.2) is 49.5 Å². The topological polar surface area (TPSA) is 71.8 Å². The Morgan fingerprint density at radius 1 is 1.29 bits per heavy atom. The summed E-state index contributed by atoms with van der Waals surface area (Å²) in [6.07, 6.45) is 2.77. The minimum atomic E-state index is -3.51. The molecule has 1 atom stereocenters. The first-order chi connectivity index (χ1) is 11.3. The molecule has 0 bridgehead atoms. The standard InChI is InChI=1S/C15H16FN3O4S/c1-17(24(2,21)22)14-10-19(15(20)23-14)11-5-6-13(12(16)9-11)18-7-3-4-8-18/h3-9,14H,10H2,1-2H3/t14-/m1/s1. The number of anilines is 1. The van der Waals surface area contributed by atoms with Crippen molar-refractivity contribution >= 4 is 21.8 Å². The third-order valence-electron chi connectivity index (χ3n) is 3.85. The zero-order chi connectivity index (χ0) is 17.5. The number of hydrogen-bond donors (Lipinski definition) is 0. The fraction of sp³-hybridized carbons (Fsp3) is 0.267. The fourth-order valence-corrected chi connectivity index (χ4v) is 2.97. The number of likely N-dealkylation sites (N-methyl/N-ethyl adjacent to an activating group) is 1. The maximum atomic E-state index is 14.3. The zero-order valence-electron chi connectivity index (χ0n) is 13.1. The first-order valence-corrected chi connectivity index (χ1v) is 8.96. The Kier molecular flexibility index (Phi) is 4.06. The van der Waals surface area contributed by atoms with E-state index in [1.54, 1.807) is 41.2 Å². The van der Waals surface area contributed by atoms with Crippen molar-refractivity contribution in [2.24, 2.45) is 0 Å². The van der Waals surface area contributed by atoms with E-state index in [1.807, 2.05) is 0 Å². The Labute approximate surface area is 138 Å². The molecule has 24 heavy (non-hydrogen) atoms. The van der Waals surface area contributed by atoms with Crippen molar-refractivity contribution in [3.8, 4) is 5.69 Å². The van der Waals surface area contributed by atoms with Crippen LogP contribution < -0.4 is 4.90 Å². The molecule has 1 aliphatic rings. The molecule has 2 aromatic rings. The van der Waals surface area contributed by atoms with Gasteiger partial charge in [-0.3, -0.25) is 4.90 Å². The van der Waals surface area contributed by atoms with Crippen LogP contribution in [0.3, 0.4) is 0 Å². The molecule has 1 aromatic carbocycles. The van der Waals surface area contributed by atoms with Gasteiger partial charge in [-0.2, -0.15) is 4.31 Å². The van der Waals surface area contributed by atoms with Crippen molar-refractivity contribution in [3.05, 3.63) is 48.5 Å². The molecule has 0 aliphatic carbocycles. The van der Waals surface area contributed by atoms with Gasteiger partial charge >= 0.3 is 6.09 Å². The summed E-state index contributed by atoms with van der Waals surface area (Å²) in [7, 11) is -2.18. The lowest BCUT2D eigenvalue weighted by atomic mass is 10.2. The molecular formula is C15H16FN3O4S. The van der Waals surface area contributed by atoms with Gasteiger partial charge in [-0.15, -0.1) is 0 Å². The van der Waals surface area contributed by atoms with Gasteiger partial charge in [0.1, 0.15) is 5.82 Å². The largest absolute Gasteiger partial charge is 0.427 e. The average molecular weight is 353 g/mol. The molecule has 0 unspecified atom stereocenters. The van der Waals surface area contributed by atoms with Gasteiger partial charge < -0.3 is 9.30 Å². The maximum absolute atomic E-state index is 14.3. The van der Waals surface area contributed by atoms with Gasteiger partial charge in [0.05, 0.1) is 24.2 Å². The van der Waals surface area contributed by atoms with Crippen LogP contribution in [0.4, 0.5) is 14.9 Å². The minimum Gasteiger partial charge on any atom is -0.427 e. The number of carbonyl (C=O) groups excluding carboxylic acids is 1. The Morgan fingerprint density at radius 2 is 1.96 bits per heavy atom. The van der Waals surface area contributed by atoms with E-state index >= 15 is 0 Å². The van der Waals surface area contributed by atoms with Crippen LogP contribution >= 0.6 is 0 Å². The highest BCUT2D eigenvalue weighted by Crippen LogP contribution is 2.26. The van der Waals surface area contributed by atoms with Crippen LogP contribution in [0.1, 0.15) is 0 Å². The predicted octanol–water partition coefficient (Wildman–Crippen LogP) is 1.79. The van der Waals surface area contributed by atoms with Gasteiger partial charge in [-0.05, 0) is 30.3 Å². The molecule has 3 rings (SSSR count). The smallest absolute Gasteiger partial charge is 0.416 e. The highest BCUT2D eigenvalue weighted by atomic mass is 32.2. The van der Waals surface area contributed by atoms with Crippen LogP contribution in [-0.2, 0) is 14.8 Å². The highest BCUT2D eigenvalue weighted by Gasteiger charge is 2.38. The Hall–Kier alpha value is -2.39. The summed E-state index contributed by atoms with van der Waals surface area (Å²) in [5.74, 6) is -0.503. The number of amides is 1. The first-order valence-electron chi connectivity index (χ1n) is 7.11. The molecule has 0 radical (unpaired) electrons. The van der Waals surface area contributed by atoms with E-state index < -0.39 is 28.2 Å². The number of ether oxygens (including phenoxy) is 1. The highest BCUT2D eigenvalue weighted by molar-refractivity contribution is 7.88. The molecular weight excluding hydrogens is 337 g/mol. The fourth-order valence-electron chi connectivity index (χ4n) is 2.43. The zero-order valence-corrected chi connectivity index (χ0v) is 13.9. The lowest BCUT2D eigenvalue weighted by Crippen LogP contribution is -2.39. The van der Waals surface area contributed by atoms with E-state index in [4.69, 9.17) is 4.74 Å². The third kappa shape index (κ3) is 3.00. The number of benzene rings is 1. The van der Waals surface area contributed by atoms with E-state index in [1.165, 1.54) is 18.0 Å². The van der Waals surface area contributed by atoms with Crippen LogP contribution in [0.2, 0.25) is 0 Å². The molecule has 0 saturated carbocycles. The van der Waals surface area contributed by atoms with Crippen molar-refractivity contribution in [2.45, 2.75) is 6.23 Å². The van der Waals surface area contributed by atoms with E-state index in [9.17, 15) is 17.6 Å². The van der Waals surface area contributed by atoms with Gasteiger partial charge in [-0.1, -0.05) is 0 Å². The summed E-state index contributed by atoms with van der Waals surface area (Å²) in [6, 6.07) is 7.90. The van der Waals surface area contributed by atoms with Gasteiger partial charge in [0, 0.05) is 19.4 Å². The quantitative estimate of drug-likeness (QED) is 0.840. The second kappa shape index (κ2) is 5.91. The summed E-state index contributed by atoms with van der Waals surface area (Å²) >= 11 is 0. The molecule has 9 heteroatoms. The molecule has 0 N–H and O–H groups in total. The average Bonchev–Trinajstić information content (AvgIpc) is 3.15. The predicted molar refractivity (Wildman–Crippen MR) is 85.9 cm³/mol.